The first-order valence-corrected chi connectivity index (χ1v) is 11.2. The van der Waals surface area contributed by atoms with Gasteiger partial charge in [0.15, 0.2) is 5.69 Å². The van der Waals surface area contributed by atoms with Gasteiger partial charge in [-0.1, -0.05) is 29.6 Å². The third kappa shape index (κ3) is 4.89. The minimum absolute atomic E-state index is 0.0615. The fraction of sp³-hybridized carbons (Fsp3) is 0.261. The second kappa shape index (κ2) is 9.93. The van der Waals surface area contributed by atoms with E-state index in [-0.39, 0.29) is 17.0 Å². The van der Waals surface area contributed by atoms with Crippen molar-refractivity contribution < 1.29 is 19.8 Å². The molecule has 10 heteroatoms. The Hall–Kier alpha value is -2.91. The molecule has 0 aliphatic carbocycles. The van der Waals surface area contributed by atoms with Crippen LogP contribution in [0.3, 0.4) is 0 Å². The Labute approximate surface area is 200 Å². The van der Waals surface area contributed by atoms with Crippen LogP contribution < -0.4 is 5.43 Å². The van der Waals surface area contributed by atoms with Gasteiger partial charge < -0.3 is 10.2 Å². The van der Waals surface area contributed by atoms with Crippen LogP contribution in [0.1, 0.15) is 45.8 Å². The highest BCUT2D eigenvalue weighted by Crippen LogP contribution is 2.33. The summed E-state index contributed by atoms with van der Waals surface area (Å²) in [6.45, 7) is 1.02. The topological polar surface area (TPSA) is 108 Å². The SMILES string of the molecule is O=C(O)c1ccc(-n2c(-c3ccc(Cl)cc3Cl)nc(C(=O)NN3CCCCC3)c2CO)cc1. The van der Waals surface area contributed by atoms with Crippen molar-refractivity contribution in [3.05, 3.63) is 69.5 Å². The average Bonchev–Trinajstić information content (AvgIpc) is 3.19. The predicted molar refractivity (Wildman–Crippen MR) is 125 cm³/mol. The van der Waals surface area contributed by atoms with Gasteiger partial charge in [0.2, 0.25) is 0 Å². The first kappa shape index (κ1) is 23.3. The van der Waals surface area contributed by atoms with Gasteiger partial charge in [0.1, 0.15) is 5.82 Å². The zero-order valence-corrected chi connectivity index (χ0v) is 19.1. The Morgan fingerprint density at radius 1 is 1.03 bits per heavy atom. The van der Waals surface area contributed by atoms with Crippen molar-refractivity contribution in [1.82, 2.24) is 20.0 Å². The largest absolute Gasteiger partial charge is 0.478 e. The van der Waals surface area contributed by atoms with Crippen molar-refractivity contribution >= 4 is 35.1 Å². The number of rotatable bonds is 6. The van der Waals surface area contributed by atoms with Crippen LogP contribution in [0.4, 0.5) is 0 Å². The van der Waals surface area contributed by atoms with Gasteiger partial charge in [-0.15, -0.1) is 0 Å². The maximum atomic E-state index is 13.1. The monoisotopic (exact) mass is 488 g/mol. The van der Waals surface area contributed by atoms with Crippen molar-refractivity contribution in [3.63, 3.8) is 0 Å². The van der Waals surface area contributed by atoms with Gasteiger partial charge in [-0.2, -0.15) is 0 Å². The van der Waals surface area contributed by atoms with Crippen LogP contribution in [-0.2, 0) is 6.61 Å². The third-order valence-corrected chi connectivity index (χ3v) is 6.05. The summed E-state index contributed by atoms with van der Waals surface area (Å²) in [6.07, 6.45) is 3.10. The maximum absolute atomic E-state index is 13.1. The van der Waals surface area contributed by atoms with Crippen molar-refractivity contribution in [1.29, 1.82) is 0 Å². The van der Waals surface area contributed by atoms with E-state index in [0.717, 1.165) is 32.4 Å². The minimum Gasteiger partial charge on any atom is -0.478 e. The molecule has 2 heterocycles. The van der Waals surface area contributed by atoms with Gasteiger partial charge in [0.25, 0.3) is 5.91 Å². The molecule has 33 heavy (non-hydrogen) atoms. The van der Waals surface area contributed by atoms with E-state index >= 15 is 0 Å². The standard InChI is InChI=1S/C23H22Cl2N4O4/c24-15-6-9-17(18(25)12-15)21-26-20(22(31)27-28-10-2-1-3-11-28)19(13-30)29(21)16-7-4-14(5-8-16)23(32)33/h4-9,12,30H,1-3,10-11,13H2,(H,27,31)(H,32,33). The second-order valence-corrected chi connectivity index (χ2v) is 8.53. The molecule has 0 atom stereocenters. The average molecular weight is 489 g/mol. The van der Waals surface area contributed by atoms with Crippen LogP contribution in [0.2, 0.25) is 10.0 Å². The van der Waals surface area contributed by atoms with E-state index in [1.807, 2.05) is 5.01 Å². The number of halogens is 2. The van der Waals surface area contributed by atoms with Crippen LogP contribution >= 0.6 is 23.2 Å². The molecule has 1 aliphatic heterocycles. The van der Waals surface area contributed by atoms with Crippen LogP contribution in [0.25, 0.3) is 17.1 Å². The minimum atomic E-state index is -1.06. The van der Waals surface area contributed by atoms with Gasteiger partial charge in [-0.3, -0.25) is 14.8 Å². The smallest absolute Gasteiger partial charge is 0.335 e. The fourth-order valence-corrected chi connectivity index (χ4v) is 4.36. The molecule has 1 aromatic heterocycles. The highest BCUT2D eigenvalue weighted by atomic mass is 35.5. The number of benzene rings is 2. The van der Waals surface area contributed by atoms with E-state index in [0.29, 0.717) is 27.1 Å². The van der Waals surface area contributed by atoms with Crippen LogP contribution in [0, 0.1) is 0 Å². The normalized spacial score (nSPS) is 14.3. The molecule has 2 aromatic carbocycles. The number of nitrogens with one attached hydrogen (secondary N) is 1. The van der Waals surface area contributed by atoms with Crippen LogP contribution in [0.15, 0.2) is 42.5 Å². The number of hydrogen-bond acceptors (Lipinski definition) is 5. The van der Waals surface area contributed by atoms with Gasteiger partial charge in [0.05, 0.1) is 22.9 Å². The second-order valence-electron chi connectivity index (χ2n) is 7.69. The highest BCUT2D eigenvalue weighted by molar-refractivity contribution is 6.36. The zero-order valence-electron chi connectivity index (χ0n) is 17.6. The molecule has 0 bridgehead atoms. The first-order valence-electron chi connectivity index (χ1n) is 10.5. The number of carboxylic acids is 1. The number of carbonyl (C=O) groups is 2. The first-order chi connectivity index (χ1) is 15.9. The summed E-state index contributed by atoms with van der Waals surface area (Å²) in [6, 6.07) is 11.0. The lowest BCUT2D eigenvalue weighted by Gasteiger charge is -2.26. The number of aromatic carboxylic acids is 1. The number of piperidine rings is 1. The molecule has 0 spiro atoms. The zero-order chi connectivity index (χ0) is 23.5. The number of amides is 1. The molecule has 3 aromatic rings. The lowest BCUT2D eigenvalue weighted by Crippen LogP contribution is -2.45. The summed E-state index contributed by atoms with van der Waals surface area (Å²) in [4.78, 5) is 29.0. The molecule has 1 fully saturated rings. The number of aliphatic hydroxyl groups excluding tert-OH is 1. The van der Waals surface area contributed by atoms with Gasteiger partial charge in [-0.05, 0) is 55.3 Å². The number of aliphatic hydroxyl groups is 1. The predicted octanol–water partition coefficient (Wildman–Crippen LogP) is 4.17. The third-order valence-electron chi connectivity index (χ3n) is 5.50. The number of hydrazine groups is 1. The highest BCUT2D eigenvalue weighted by Gasteiger charge is 2.26. The summed E-state index contributed by atoms with van der Waals surface area (Å²) in [5, 5.41) is 22.1. The lowest BCUT2D eigenvalue weighted by atomic mass is 10.1. The van der Waals surface area contributed by atoms with Gasteiger partial charge in [0, 0.05) is 29.4 Å². The maximum Gasteiger partial charge on any atom is 0.335 e. The van der Waals surface area contributed by atoms with E-state index in [1.54, 1.807) is 34.9 Å². The molecule has 172 valence electrons. The molecule has 8 nitrogen and oxygen atoms in total. The van der Waals surface area contributed by atoms with E-state index in [4.69, 9.17) is 23.2 Å². The Morgan fingerprint density at radius 2 is 1.73 bits per heavy atom. The number of aromatic nitrogens is 2. The molecule has 0 radical (unpaired) electrons. The van der Waals surface area contributed by atoms with E-state index < -0.39 is 18.5 Å². The summed E-state index contributed by atoms with van der Waals surface area (Å²) in [5.41, 5.74) is 4.34. The molecular weight excluding hydrogens is 467 g/mol. The van der Waals surface area contributed by atoms with Crippen molar-refractivity contribution in [2.24, 2.45) is 0 Å². The summed E-state index contributed by atoms with van der Waals surface area (Å²) in [5.74, 6) is -1.17. The quantitative estimate of drug-likeness (QED) is 0.480. The van der Waals surface area contributed by atoms with Crippen molar-refractivity contribution in [2.45, 2.75) is 25.9 Å². The summed E-state index contributed by atoms with van der Waals surface area (Å²) in [7, 11) is 0. The molecule has 3 N–H and O–H groups in total. The van der Waals surface area contributed by atoms with E-state index in [2.05, 4.69) is 10.4 Å². The van der Waals surface area contributed by atoms with Gasteiger partial charge >= 0.3 is 5.97 Å². The molecule has 4 rings (SSSR count). The van der Waals surface area contributed by atoms with Crippen LogP contribution in [-0.4, -0.2) is 49.7 Å². The molecule has 0 saturated carbocycles. The number of carboxylic acid groups (broad SMARTS) is 1. The van der Waals surface area contributed by atoms with Gasteiger partial charge in [-0.25, -0.2) is 14.8 Å². The summed E-state index contributed by atoms with van der Waals surface area (Å²) >= 11 is 12.5. The van der Waals surface area contributed by atoms with Crippen molar-refractivity contribution in [2.75, 3.05) is 13.1 Å². The molecular formula is C23H22Cl2N4O4. The number of imidazole rings is 1. The van der Waals surface area contributed by atoms with Crippen molar-refractivity contribution in [3.8, 4) is 17.1 Å². The summed E-state index contributed by atoms with van der Waals surface area (Å²) < 4.78 is 1.60. The Bertz CT molecular complexity index is 1190. The number of carbonyl (C=O) groups excluding carboxylic acids is 1. The number of hydrogen-bond donors (Lipinski definition) is 3. The molecule has 0 unspecified atom stereocenters. The molecule has 1 aliphatic rings. The molecule has 1 amide bonds. The molecule has 1 saturated heterocycles. The lowest BCUT2D eigenvalue weighted by molar-refractivity contribution is 0.0695. The number of nitrogens with zero attached hydrogens (tertiary/aromatic N) is 3. The van der Waals surface area contributed by atoms with E-state index in [1.165, 1.54) is 12.1 Å². The van der Waals surface area contributed by atoms with E-state index in [9.17, 15) is 19.8 Å². The Morgan fingerprint density at radius 3 is 2.33 bits per heavy atom. The fourth-order valence-electron chi connectivity index (χ4n) is 3.87. The Balaban J connectivity index is 1.84. The Kier molecular flexibility index (Phi) is 6.99. The van der Waals surface area contributed by atoms with Crippen LogP contribution in [0.5, 0.6) is 0 Å².